The van der Waals surface area contributed by atoms with Gasteiger partial charge in [0.05, 0.1) is 19.8 Å². The van der Waals surface area contributed by atoms with Crippen LogP contribution < -0.4 is 0 Å². The van der Waals surface area contributed by atoms with Crippen molar-refractivity contribution < 1.29 is 52.2 Å². The molecule has 0 aliphatic carbocycles. The number of carbonyl (C=O) groups is 3. The normalized spacial score (nSPS) is 14.2. The second kappa shape index (κ2) is 49.8. The molecule has 0 aromatic carbocycles. The lowest BCUT2D eigenvalue weighted by atomic mass is 10.1. The van der Waals surface area contributed by atoms with Crippen LogP contribution in [0.2, 0.25) is 0 Å². The van der Waals surface area contributed by atoms with Crippen molar-refractivity contribution in [3.63, 3.8) is 0 Å². The Bertz CT molecular complexity index is 1510. The first-order valence-corrected chi connectivity index (χ1v) is 27.6. The number of aliphatic hydroxyl groups is 1. The summed E-state index contributed by atoms with van der Waals surface area (Å²) in [7, 11) is -4.76. The Morgan fingerprint density at radius 1 is 0.426 bits per heavy atom. The molecule has 0 aromatic rings. The van der Waals surface area contributed by atoms with Gasteiger partial charge in [0.1, 0.15) is 12.7 Å². The fourth-order valence-electron chi connectivity index (χ4n) is 6.52. The number of aliphatic hydroxyl groups excluding tert-OH is 1. The summed E-state index contributed by atoms with van der Waals surface area (Å²) in [5.41, 5.74) is 0. The lowest BCUT2D eigenvalue weighted by Gasteiger charge is -2.21. The van der Waals surface area contributed by atoms with Crippen molar-refractivity contribution in [3.05, 3.63) is 97.2 Å². The van der Waals surface area contributed by atoms with E-state index in [1.165, 1.54) is 12.8 Å². The maximum absolute atomic E-state index is 12.8. The number of carbonyl (C=O) groups excluding carboxylic acids is 3. The van der Waals surface area contributed by atoms with Gasteiger partial charge in [0.15, 0.2) is 6.10 Å². The first-order chi connectivity index (χ1) is 33.2. The molecule has 0 aliphatic rings. The smallest absolute Gasteiger partial charge is 0.462 e. The molecule has 12 heteroatoms. The largest absolute Gasteiger partial charge is 0.472 e. The summed E-state index contributed by atoms with van der Waals surface area (Å²) in [6.45, 7) is 4.27. The zero-order valence-electron chi connectivity index (χ0n) is 42.5. The Morgan fingerprint density at radius 3 is 1.22 bits per heavy atom. The monoisotopic (exact) mass is 973 g/mol. The van der Waals surface area contributed by atoms with Gasteiger partial charge in [-0.2, -0.15) is 0 Å². The van der Waals surface area contributed by atoms with Crippen LogP contribution in [0.25, 0.3) is 0 Å². The second-order valence-corrected chi connectivity index (χ2v) is 18.4. The molecule has 0 bridgehead atoms. The third kappa shape index (κ3) is 47.5. The molecule has 0 fully saturated rings. The van der Waals surface area contributed by atoms with Crippen molar-refractivity contribution in [2.75, 3.05) is 26.4 Å². The zero-order chi connectivity index (χ0) is 49.9. The average molecular weight is 973 g/mol. The fraction of sp³-hybridized carbons (Fsp3) is 0.661. The molecule has 2 N–H and O–H groups in total. The standard InChI is InChI=1S/C56H93O11P/c1-4-7-10-13-16-19-22-24-26-28-31-33-36-39-42-45-54(58)63-49-53(67-56(60)47-44-41-38-35-32-29-27-25-23-20-17-14-11-8-5-2)51-65-68(61,62)64-50-52(48-57)66-55(59)46-43-40-37-34-30-21-18-15-12-9-6-3/h7-8,10-11,15-20,24-27,31,33,52-53,57H,4-6,9,12-14,21-23,28-30,32,34-51H2,1-3H3,(H,61,62)/b10-7-,11-8-,18-15-,19-16-,20-17-,26-24-,27-25-,33-31-. The van der Waals surface area contributed by atoms with Gasteiger partial charge in [0, 0.05) is 19.3 Å². The molecule has 11 nitrogen and oxygen atoms in total. The van der Waals surface area contributed by atoms with E-state index in [1.54, 1.807) is 0 Å². The molecule has 0 heterocycles. The van der Waals surface area contributed by atoms with Crippen molar-refractivity contribution in [1.29, 1.82) is 0 Å². The maximum Gasteiger partial charge on any atom is 0.472 e. The Kier molecular flexibility index (Phi) is 47.2. The van der Waals surface area contributed by atoms with E-state index in [1.807, 2.05) is 0 Å². The van der Waals surface area contributed by atoms with E-state index >= 15 is 0 Å². The van der Waals surface area contributed by atoms with Crippen LogP contribution in [0.4, 0.5) is 0 Å². The number of phosphoric acid groups is 1. The predicted octanol–water partition coefficient (Wildman–Crippen LogP) is 14.9. The van der Waals surface area contributed by atoms with Crippen molar-refractivity contribution in [3.8, 4) is 0 Å². The van der Waals surface area contributed by atoms with Gasteiger partial charge in [-0.25, -0.2) is 4.57 Å². The maximum atomic E-state index is 12.8. The average Bonchev–Trinajstić information content (AvgIpc) is 3.32. The van der Waals surface area contributed by atoms with E-state index in [0.717, 1.165) is 128 Å². The molecular weight excluding hydrogens is 880 g/mol. The van der Waals surface area contributed by atoms with Gasteiger partial charge in [0.25, 0.3) is 0 Å². The van der Waals surface area contributed by atoms with Crippen LogP contribution in [-0.2, 0) is 42.2 Å². The number of rotatable bonds is 47. The summed E-state index contributed by atoms with van der Waals surface area (Å²) in [5, 5.41) is 9.76. The van der Waals surface area contributed by atoms with Crippen LogP contribution in [0.5, 0.6) is 0 Å². The summed E-state index contributed by atoms with van der Waals surface area (Å²) < 4.78 is 39.3. The second-order valence-electron chi connectivity index (χ2n) is 16.9. The van der Waals surface area contributed by atoms with Crippen LogP contribution in [0.3, 0.4) is 0 Å². The number of esters is 3. The Labute approximate surface area is 412 Å². The van der Waals surface area contributed by atoms with E-state index in [9.17, 15) is 28.9 Å². The van der Waals surface area contributed by atoms with Crippen molar-refractivity contribution in [2.24, 2.45) is 0 Å². The van der Waals surface area contributed by atoms with Gasteiger partial charge in [-0.05, 0) is 109 Å². The molecule has 0 aliphatic heterocycles. The first-order valence-electron chi connectivity index (χ1n) is 26.1. The molecule has 388 valence electrons. The number of allylic oxidation sites excluding steroid dienone is 16. The van der Waals surface area contributed by atoms with Gasteiger partial charge in [-0.15, -0.1) is 0 Å². The lowest BCUT2D eigenvalue weighted by Crippen LogP contribution is -2.30. The lowest BCUT2D eigenvalue weighted by molar-refractivity contribution is -0.161. The number of unbranched alkanes of at least 4 members (excludes halogenated alkanes) is 14. The highest BCUT2D eigenvalue weighted by Gasteiger charge is 2.28. The molecule has 0 amide bonds. The highest BCUT2D eigenvalue weighted by molar-refractivity contribution is 7.47. The summed E-state index contributed by atoms with van der Waals surface area (Å²) in [4.78, 5) is 48.3. The van der Waals surface area contributed by atoms with Crippen molar-refractivity contribution >= 4 is 25.7 Å². The molecule has 3 unspecified atom stereocenters. The molecule has 0 saturated heterocycles. The topological polar surface area (TPSA) is 155 Å². The van der Waals surface area contributed by atoms with Crippen LogP contribution in [-0.4, -0.2) is 66.5 Å². The van der Waals surface area contributed by atoms with Crippen molar-refractivity contribution in [2.45, 2.75) is 213 Å². The quantitative estimate of drug-likeness (QED) is 0.0197. The molecular formula is C56H93O11P. The zero-order valence-corrected chi connectivity index (χ0v) is 43.4. The van der Waals surface area contributed by atoms with Crippen molar-refractivity contribution in [1.82, 2.24) is 0 Å². The van der Waals surface area contributed by atoms with E-state index in [4.69, 9.17) is 23.3 Å². The van der Waals surface area contributed by atoms with E-state index in [-0.39, 0.29) is 25.9 Å². The van der Waals surface area contributed by atoms with Crippen LogP contribution in [0.1, 0.15) is 201 Å². The van der Waals surface area contributed by atoms with Gasteiger partial charge < -0.3 is 24.2 Å². The highest BCUT2D eigenvalue weighted by atomic mass is 31.2. The first kappa shape index (κ1) is 64.4. The predicted molar refractivity (Wildman–Crippen MR) is 279 cm³/mol. The minimum absolute atomic E-state index is 0.134. The molecule has 0 radical (unpaired) electrons. The number of hydrogen-bond acceptors (Lipinski definition) is 10. The van der Waals surface area contributed by atoms with Gasteiger partial charge in [0.2, 0.25) is 0 Å². The van der Waals surface area contributed by atoms with E-state index in [2.05, 4.69) is 118 Å². The molecule has 3 atom stereocenters. The highest BCUT2D eigenvalue weighted by Crippen LogP contribution is 2.43. The van der Waals surface area contributed by atoms with Crippen LogP contribution in [0.15, 0.2) is 97.2 Å². The third-order valence-electron chi connectivity index (χ3n) is 10.5. The molecule has 0 saturated carbocycles. The molecule has 0 spiro atoms. The van der Waals surface area contributed by atoms with Gasteiger partial charge >= 0.3 is 25.7 Å². The summed E-state index contributed by atoms with van der Waals surface area (Å²) in [6, 6.07) is 0. The molecule has 0 rings (SSSR count). The van der Waals surface area contributed by atoms with E-state index in [0.29, 0.717) is 19.3 Å². The Morgan fingerprint density at radius 2 is 0.765 bits per heavy atom. The van der Waals surface area contributed by atoms with Gasteiger partial charge in [-0.1, -0.05) is 169 Å². The SMILES string of the molecule is CC/C=C\C/C=C\C/C=C\C/C=C\CCCCC(=O)OCC(COP(=O)(O)OCC(CO)OC(=O)CCCCCCC/C=C\CCCC)OC(=O)CCCCCCC/C=C\C/C=C\C/C=C\CC. The van der Waals surface area contributed by atoms with E-state index < -0.39 is 57.8 Å². The fourth-order valence-corrected chi connectivity index (χ4v) is 7.30. The van der Waals surface area contributed by atoms with Crippen LogP contribution >= 0.6 is 7.82 Å². The minimum atomic E-state index is -4.76. The summed E-state index contributed by atoms with van der Waals surface area (Å²) in [5.74, 6) is -1.56. The minimum Gasteiger partial charge on any atom is -0.462 e. The Balaban J connectivity index is 4.86. The summed E-state index contributed by atoms with van der Waals surface area (Å²) >= 11 is 0. The number of phosphoric ester groups is 1. The number of ether oxygens (including phenoxy) is 3. The molecule has 68 heavy (non-hydrogen) atoms. The van der Waals surface area contributed by atoms with Gasteiger partial charge in [-0.3, -0.25) is 23.4 Å². The summed E-state index contributed by atoms with van der Waals surface area (Å²) in [6.07, 6.45) is 56.7. The molecule has 0 aromatic heterocycles. The Hall–Kier alpha value is -3.60. The third-order valence-corrected chi connectivity index (χ3v) is 11.4. The number of hydrogen-bond donors (Lipinski definition) is 2. The van der Waals surface area contributed by atoms with Crippen LogP contribution in [0, 0.1) is 0 Å².